The number of nitrogens with two attached hydrogens (primary N) is 1. The summed E-state index contributed by atoms with van der Waals surface area (Å²) in [6.07, 6.45) is 3.59. The van der Waals surface area contributed by atoms with E-state index in [2.05, 4.69) is 5.32 Å². The van der Waals surface area contributed by atoms with Crippen LogP contribution < -0.4 is 20.1 Å². The fourth-order valence-electron chi connectivity index (χ4n) is 4.65. The first-order chi connectivity index (χ1) is 18.7. The lowest BCUT2D eigenvalue weighted by Gasteiger charge is -2.25. The van der Waals surface area contributed by atoms with Crippen LogP contribution in [-0.4, -0.2) is 40.7 Å². The van der Waals surface area contributed by atoms with E-state index >= 15 is 0 Å². The van der Waals surface area contributed by atoms with Crippen LogP contribution in [0.5, 0.6) is 11.5 Å². The Morgan fingerprint density at radius 3 is 2.31 bits per heavy atom. The van der Waals surface area contributed by atoms with E-state index in [-0.39, 0.29) is 24.2 Å². The van der Waals surface area contributed by atoms with E-state index in [1.54, 1.807) is 37.4 Å². The molecular formula is C29H30FN3O5S. The van der Waals surface area contributed by atoms with Crippen molar-refractivity contribution in [3.05, 3.63) is 77.6 Å². The van der Waals surface area contributed by atoms with Gasteiger partial charge in [0, 0.05) is 30.6 Å². The SMILES string of the molecule is CNC(=O)c1c(-c2ccc(Oc3ccc(F)cc3)cc2)oc2cc(N(CCCN)S(C)(=O)=O)c(C3CC3)cc12. The van der Waals surface area contributed by atoms with Crippen LogP contribution in [0.3, 0.4) is 0 Å². The summed E-state index contributed by atoms with van der Waals surface area (Å²) in [6, 6.07) is 16.3. The van der Waals surface area contributed by atoms with Crippen LogP contribution in [0.25, 0.3) is 22.3 Å². The number of carbonyl (C=O) groups is 1. The Bertz CT molecular complexity index is 1610. The lowest BCUT2D eigenvalue weighted by molar-refractivity contribution is 0.0964. The zero-order valence-electron chi connectivity index (χ0n) is 21.7. The van der Waals surface area contributed by atoms with Gasteiger partial charge in [-0.1, -0.05) is 0 Å². The van der Waals surface area contributed by atoms with Gasteiger partial charge in [0.1, 0.15) is 28.7 Å². The molecule has 10 heteroatoms. The molecule has 0 saturated heterocycles. The summed E-state index contributed by atoms with van der Waals surface area (Å²) in [6.45, 7) is 0.617. The van der Waals surface area contributed by atoms with Crippen molar-refractivity contribution in [2.75, 3.05) is 30.7 Å². The van der Waals surface area contributed by atoms with Crippen molar-refractivity contribution in [1.82, 2.24) is 5.32 Å². The largest absolute Gasteiger partial charge is 0.457 e. The summed E-state index contributed by atoms with van der Waals surface area (Å²) in [7, 11) is -2.02. The molecule has 0 atom stereocenters. The van der Waals surface area contributed by atoms with E-state index in [1.807, 2.05) is 6.07 Å². The number of anilines is 1. The molecule has 1 aliphatic rings. The predicted octanol–water partition coefficient (Wildman–Crippen LogP) is 5.38. The van der Waals surface area contributed by atoms with Crippen LogP contribution in [-0.2, 0) is 10.0 Å². The zero-order valence-corrected chi connectivity index (χ0v) is 22.6. The molecule has 1 amide bonds. The van der Waals surface area contributed by atoms with E-state index in [0.717, 1.165) is 18.4 Å². The van der Waals surface area contributed by atoms with Gasteiger partial charge in [-0.25, -0.2) is 12.8 Å². The molecule has 0 bridgehead atoms. The van der Waals surface area contributed by atoms with Gasteiger partial charge in [0.2, 0.25) is 10.0 Å². The number of ether oxygens (including phenoxy) is 1. The summed E-state index contributed by atoms with van der Waals surface area (Å²) in [5.74, 6) is 0.938. The van der Waals surface area contributed by atoms with E-state index in [1.165, 1.54) is 34.8 Å². The highest BCUT2D eigenvalue weighted by atomic mass is 32.2. The monoisotopic (exact) mass is 551 g/mol. The summed E-state index contributed by atoms with van der Waals surface area (Å²) in [5.41, 5.74) is 8.57. The Hall–Kier alpha value is -3.89. The summed E-state index contributed by atoms with van der Waals surface area (Å²) < 4.78 is 52.1. The van der Waals surface area contributed by atoms with Gasteiger partial charge in [-0.05, 0) is 91.9 Å². The first kappa shape index (κ1) is 26.7. The lowest BCUT2D eigenvalue weighted by Crippen LogP contribution is -2.32. The smallest absolute Gasteiger partial charge is 0.255 e. The number of benzene rings is 3. The zero-order chi connectivity index (χ0) is 27.7. The number of fused-ring (bicyclic) bond motifs is 1. The molecule has 1 fully saturated rings. The van der Waals surface area contributed by atoms with Crippen molar-refractivity contribution in [1.29, 1.82) is 0 Å². The maximum Gasteiger partial charge on any atom is 0.255 e. The van der Waals surface area contributed by atoms with Gasteiger partial charge in [0.05, 0.1) is 17.5 Å². The normalized spacial score (nSPS) is 13.4. The third kappa shape index (κ3) is 5.62. The Morgan fingerprint density at radius 1 is 1.10 bits per heavy atom. The number of carbonyl (C=O) groups excluding carboxylic acids is 1. The molecule has 0 spiro atoms. The molecule has 39 heavy (non-hydrogen) atoms. The van der Waals surface area contributed by atoms with Gasteiger partial charge in [-0.15, -0.1) is 0 Å². The number of halogens is 1. The second-order valence-electron chi connectivity index (χ2n) is 9.62. The predicted molar refractivity (Wildman–Crippen MR) is 149 cm³/mol. The Kier molecular flexibility index (Phi) is 7.33. The third-order valence-electron chi connectivity index (χ3n) is 6.71. The van der Waals surface area contributed by atoms with Crippen molar-refractivity contribution >= 4 is 32.6 Å². The highest BCUT2D eigenvalue weighted by Crippen LogP contribution is 2.48. The second-order valence-corrected chi connectivity index (χ2v) is 11.5. The molecule has 0 radical (unpaired) electrons. The molecule has 1 aliphatic carbocycles. The van der Waals surface area contributed by atoms with Crippen molar-refractivity contribution in [3.63, 3.8) is 0 Å². The first-order valence-corrected chi connectivity index (χ1v) is 14.6. The number of amides is 1. The number of hydrogen-bond donors (Lipinski definition) is 2. The van der Waals surface area contributed by atoms with Gasteiger partial charge in [0.15, 0.2) is 0 Å². The minimum Gasteiger partial charge on any atom is -0.457 e. The minimum atomic E-state index is -3.57. The van der Waals surface area contributed by atoms with Crippen molar-refractivity contribution in [3.8, 4) is 22.8 Å². The van der Waals surface area contributed by atoms with Crippen LogP contribution in [0.15, 0.2) is 65.1 Å². The van der Waals surface area contributed by atoms with Crippen LogP contribution in [0.2, 0.25) is 0 Å². The first-order valence-electron chi connectivity index (χ1n) is 12.7. The molecule has 0 unspecified atom stereocenters. The summed E-state index contributed by atoms with van der Waals surface area (Å²) in [5, 5.41) is 3.32. The molecule has 0 aliphatic heterocycles. The molecular weight excluding hydrogens is 521 g/mol. The Labute approximate surface area is 226 Å². The van der Waals surface area contributed by atoms with Crippen molar-refractivity contribution in [2.45, 2.75) is 25.2 Å². The number of nitrogens with zero attached hydrogens (tertiary/aromatic N) is 1. The molecule has 204 valence electrons. The Balaban J connectivity index is 1.60. The maximum absolute atomic E-state index is 13.2. The average Bonchev–Trinajstić information content (AvgIpc) is 3.69. The molecule has 5 rings (SSSR count). The number of sulfonamides is 1. The van der Waals surface area contributed by atoms with Crippen LogP contribution in [0, 0.1) is 5.82 Å². The van der Waals surface area contributed by atoms with Gasteiger partial charge in [-0.3, -0.25) is 9.10 Å². The second kappa shape index (κ2) is 10.7. The molecule has 4 aromatic rings. The van der Waals surface area contributed by atoms with Crippen LogP contribution in [0.1, 0.15) is 41.1 Å². The quantitative estimate of drug-likeness (QED) is 0.273. The molecule has 3 aromatic carbocycles. The topological polar surface area (TPSA) is 115 Å². The summed E-state index contributed by atoms with van der Waals surface area (Å²) in [4.78, 5) is 13.1. The lowest BCUT2D eigenvalue weighted by atomic mass is 10.0. The van der Waals surface area contributed by atoms with Crippen molar-refractivity contribution < 1.29 is 26.8 Å². The van der Waals surface area contributed by atoms with Crippen molar-refractivity contribution in [2.24, 2.45) is 5.73 Å². The van der Waals surface area contributed by atoms with E-state index in [0.29, 0.717) is 58.0 Å². The van der Waals surface area contributed by atoms with E-state index in [4.69, 9.17) is 14.9 Å². The Morgan fingerprint density at radius 2 is 1.74 bits per heavy atom. The highest BCUT2D eigenvalue weighted by Gasteiger charge is 2.33. The number of furan rings is 1. The molecule has 1 saturated carbocycles. The van der Waals surface area contributed by atoms with Crippen LogP contribution in [0.4, 0.5) is 10.1 Å². The molecule has 3 N–H and O–H groups in total. The number of nitrogens with one attached hydrogen (secondary N) is 1. The molecule has 1 heterocycles. The van der Waals surface area contributed by atoms with E-state index in [9.17, 15) is 17.6 Å². The van der Waals surface area contributed by atoms with E-state index < -0.39 is 10.0 Å². The fourth-order valence-corrected chi connectivity index (χ4v) is 5.63. The maximum atomic E-state index is 13.2. The van der Waals surface area contributed by atoms with Gasteiger partial charge < -0.3 is 20.2 Å². The fraction of sp³-hybridized carbons (Fsp3) is 0.276. The number of rotatable bonds is 10. The third-order valence-corrected chi connectivity index (χ3v) is 7.89. The number of hydrogen-bond acceptors (Lipinski definition) is 6. The van der Waals surface area contributed by atoms with Gasteiger partial charge in [0.25, 0.3) is 5.91 Å². The summed E-state index contributed by atoms with van der Waals surface area (Å²) >= 11 is 0. The minimum absolute atomic E-state index is 0.213. The molecule has 1 aromatic heterocycles. The van der Waals surface area contributed by atoms with Crippen LogP contribution >= 0.6 is 0 Å². The van der Waals surface area contributed by atoms with Gasteiger partial charge >= 0.3 is 0 Å². The molecule has 8 nitrogen and oxygen atoms in total. The average molecular weight is 552 g/mol. The standard InChI is InChI=1S/C29H30FN3O5S/c1-32-29(34)27-24-16-23(18-4-5-18)25(33(15-3-14-31)39(2,35)36)17-26(24)38-28(27)19-6-10-21(11-7-19)37-22-12-8-20(30)9-13-22/h6-13,16-18H,3-5,14-15,31H2,1-2H3,(H,32,34). The highest BCUT2D eigenvalue weighted by molar-refractivity contribution is 7.92. The van der Waals surface area contributed by atoms with Gasteiger partial charge in [-0.2, -0.15) is 0 Å².